The summed E-state index contributed by atoms with van der Waals surface area (Å²) in [6.07, 6.45) is 0.992. The van der Waals surface area contributed by atoms with Crippen LogP contribution in [-0.4, -0.2) is 44.0 Å². The van der Waals surface area contributed by atoms with Gasteiger partial charge in [-0.25, -0.2) is 17.1 Å². The first-order valence-corrected chi connectivity index (χ1v) is 13.3. The van der Waals surface area contributed by atoms with Crippen LogP contribution in [0.1, 0.15) is 24.0 Å². The van der Waals surface area contributed by atoms with Gasteiger partial charge < -0.3 is 5.32 Å². The van der Waals surface area contributed by atoms with Crippen LogP contribution in [0.3, 0.4) is 0 Å². The molecule has 1 saturated heterocycles. The number of sulfonamides is 1. The number of carbonyl (C=O) groups excluding carboxylic acids is 1. The first-order chi connectivity index (χ1) is 14.9. The minimum Gasteiger partial charge on any atom is -0.355 e. The Morgan fingerprint density at radius 1 is 1.10 bits per heavy atom. The second kappa shape index (κ2) is 11.3. The summed E-state index contributed by atoms with van der Waals surface area (Å²) >= 11 is 7.65. The van der Waals surface area contributed by atoms with E-state index in [1.165, 1.54) is 10.4 Å². The second-order valence-corrected chi connectivity index (χ2v) is 10.9. The van der Waals surface area contributed by atoms with E-state index >= 15 is 0 Å². The van der Waals surface area contributed by atoms with Gasteiger partial charge in [0.25, 0.3) is 0 Å². The van der Waals surface area contributed by atoms with Crippen LogP contribution in [-0.2, 0) is 26.3 Å². The van der Waals surface area contributed by atoms with Crippen molar-refractivity contribution in [2.75, 3.05) is 25.4 Å². The molecule has 1 aliphatic heterocycles. The highest BCUT2D eigenvalue weighted by Crippen LogP contribution is 2.24. The highest BCUT2D eigenvalue weighted by molar-refractivity contribution is 7.98. The monoisotopic (exact) mass is 484 g/mol. The molecule has 0 spiro atoms. The van der Waals surface area contributed by atoms with E-state index < -0.39 is 10.0 Å². The predicted octanol–water partition coefficient (Wildman–Crippen LogP) is 4.07. The number of hydrogen-bond acceptors (Lipinski definition) is 4. The van der Waals surface area contributed by atoms with E-state index in [1.54, 1.807) is 48.2 Å². The summed E-state index contributed by atoms with van der Waals surface area (Å²) in [7, 11) is -3.48. The number of nitrogens with one attached hydrogen (secondary N) is 1. The Kier molecular flexibility index (Phi) is 8.77. The maximum absolute atomic E-state index is 13.6. The van der Waals surface area contributed by atoms with Gasteiger partial charge in [0.1, 0.15) is 5.82 Å². The lowest BCUT2D eigenvalue weighted by Crippen LogP contribution is -2.43. The van der Waals surface area contributed by atoms with E-state index in [-0.39, 0.29) is 23.4 Å². The summed E-state index contributed by atoms with van der Waals surface area (Å²) < 4.78 is 40.5. The topological polar surface area (TPSA) is 66.5 Å². The van der Waals surface area contributed by atoms with Gasteiger partial charge in [0, 0.05) is 42.1 Å². The summed E-state index contributed by atoms with van der Waals surface area (Å²) in [5.74, 6) is 0.659. The third kappa shape index (κ3) is 6.94. The molecule has 0 bridgehead atoms. The zero-order valence-electron chi connectivity index (χ0n) is 17.1. The van der Waals surface area contributed by atoms with E-state index in [2.05, 4.69) is 5.32 Å². The van der Waals surface area contributed by atoms with E-state index in [0.717, 1.165) is 0 Å². The van der Waals surface area contributed by atoms with E-state index in [0.29, 0.717) is 60.1 Å². The smallest absolute Gasteiger partial charge is 0.223 e. The molecule has 0 aromatic heterocycles. The predicted molar refractivity (Wildman–Crippen MR) is 124 cm³/mol. The molecule has 0 radical (unpaired) electrons. The number of rotatable bonds is 9. The van der Waals surface area contributed by atoms with E-state index in [4.69, 9.17) is 11.6 Å². The van der Waals surface area contributed by atoms with Crippen molar-refractivity contribution in [3.8, 4) is 0 Å². The van der Waals surface area contributed by atoms with Crippen LogP contribution in [0, 0.1) is 11.7 Å². The molecule has 1 fully saturated rings. The lowest BCUT2D eigenvalue weighted by atomic mass is 9.97. The molecule has 5 nitrogen and oxygen atoms in total. The van der Waals surface area contributed by atoms with E-state index in [9.17, 15) is 17.6 Å². The molecule has 0 unspecified atom stereocenters. The molecule has 3 rings (SSSR count). The van der Waals surface area contributed by atoms with Crippen molar-refractivity contribution in [1.29, 1.82) is 0 Å². The molecule has 168 valence electrons. The average molecular weight is 485 g/mol. The van der Waals surface area contributed by atoms with Crippen LogP contribution in [0.2, 0.25) is 5.02 Å². The molecule has 1 heterocycles. The molecule has 0 aliphatic carbocycles. The van der Waals surface area contributed by atoms with Gasteiger partial charge in [0.15, 0.2) is 0 Å². The SMILES string of the molecule is O=C(NCCSCc1ccccc1F)C1CCN(S(=O)(=O)Cc2ccccc2Cl)CC1. The molecule has 1 aliphatic rings. The molecular weight excluding hydrogens is 459 g/mol. The van der Waals surface area contributed by atoms with Crippen LogP contribution >= 0.6 is 23.4 Å². The normalized spacial score (nSPS) is 15.7. The maximum Gasteiger partial charge on any atom is 0.223 e. The number of amides is 1. The molecule has 0 saturated carbocycles. The van der Waals surface area contributed by atoms with Gasteiger partial charge in [-0.3, -0.25) is 4.79 Å². The lowest BCUT2D eigenvalue weighted by Gasteiger charge is -2.30. The minimum absolute atomic E-state index is 0.0466. The van der Waals surface area contributed by atoms with Gasteiger partial charge in [-0.2, -0.15) is 11.8 Å². The molecule has 9 heteroatoms. The molecule has 0 atom stereocenters. The Morgan fingerprint density at radius 3 is 2.42 bits per heavy atom. The number of carbonyl (C=O) groups is 1. The van der Waals surface area contributed by atoms with Crippen molar-refractivity contribution in [3.63, 3.8) is 0 Å². The summed E-state index contributed by atoms with van der Waals surface area (Å²) in [5.41, 5.74) is 1.24. The molecular formula is C22H26ClFN2O3S2. The van der Waals surface area contributed by atoms with Gasteiger partial charge in [-0.1, -0.05) is 48.0 Å². The first kappa shape index (κ1) is 24.0. The number of benzene rings is 2. The van der Waals surface area contributed by atoms with Crippen molar-refractivity contribution < 1.29 is 17.6 Å². The number of hydrogen-bond donors (Lipinski definition) is 1. The zero-order valence-corrected chi connectivity index (χ0v) is 19.5. The molecule has 2 aromatic carbocycles. The largest absolute Gasteiger partial charge is 0.355 e. The number of halogens is 2. The fourth-order valence-electron chi connectivity index (χ4n) is 3.49. The quantitative estimate of drug-likeness (QED) is 0.545. The summed E-state index contributed by atoms with van der Waals surface area (Å²) in [6, 6.07) is 13.6. The third-order valence-corrected chi connectivity index (χ3v) is 8.48. The van der Waals surface area contributed by atoms with Crippen molar-refractivity contribution in [3.05, 3.63) is 70.5 Å². The summed E-state index contributed by atoms with van der Waals surface area (Å²) in [5, 5.41) is 3.35. The fraction of sp³-hybridized carbons (Fsp3) is 0.409. The zero-order chi connectivity index (χ0) is 22.3. The highest BCUT2D eigenvalue weighted by Gasteiger charge is 2.31. The van der Waals surface area contributed by atoms with Crippen molar-refractivity contribution in [1.82, 2.24) is 9.62 Å². The molecule has 31 heavy (non-hydrogen) atoms. The van der Waals surface area contributed by atoms with Crippen LogP contribution < -0.4 is 5.32 Å². The van der Waals surface area contributed by atoms with Gasteiger partial charge >= 0.3 is 0 Å². The second-order valence-electron chi connectivity index (χ2n) is 7.46. The maximum atomic E-state index is 13.6. The Balaban J connectivity index is 1.38. The molecule has 1 N–H and O–H groups in total. The molecule has 2 aromatic rings. The number of thioether (sulfide) groups is 1. The number of nitrogens with zero attached hydrogens (tertiary/aromatic N) is 1. The summed E-state index contributed by atoms with van der Waals surface area (Å²) in [6.45, 7) is 1.16. The van der Waals surface area contributed by atoms with Crippen molar-refractivity contribution in [2.45, 2.75) is 24.3 Å². The standard InChI is InChI=1S/C22H26ClFN2O3S2/c23-20-7-3-1-6-19(20)16-31(28,29)26-12-9-17(10-13-26)22(27)25-11-14-30-15-18-5-2-4-8-21(18)24/h1-8,17H,9-16H2,(H,25,27). The van der Waals surface area contributed by atoms with Gasteiger partial charge in [0.05, 0.1) is 5.75 Å². The van der Waals surface area contributed by atoms with Gasteiger partial charge in [-0.05, 0) is 36.1 Å². The van der Waals surface area contributed by atoms with Crippen molar-refractivity contribution >= 4 is 39.3 Å². The van der Waals surface area contributed by atoms with Crippen LogP contribution in [0.15, 0.2) is 48.5 Å². The Labute approximate surface area is 192 Å². The summed E-state index contributed by atoms with van der Waals surface area (Å²) in [4.78, 5) is 12.4. The van der Waals surface area contributed by atoms with Crippen LogP contribution in [0.4, 0.5) is 4.39 Å². The van der Waals surface area contributed by atoms with Gasteiger partial charge in [-0.15, -0.1) is 0 Å². The minimum atomic E-state index is -3.48. The first-order valence-electron chi connectivity index (χ1n) is 10.2. The average Bonchev–Trinajstić information content (AvgIpc) is 2.76. The number of piperidine rings is 1. The Morgan fingerprint density at radius 2 is 1.74 bits per heavy atom. The Hall–Kier alpha value is -1.61. The molecule has 1 amide bonds. The third-order valence-electron chi connectivity index (χ3n) is 5.27. The fourth-order valence-corrected chi connectivity index (χ4v) is 6.21. The highest BCUT2D eigenvalue weighted by atomic mass is 35.5. The van der Waals surface area contributed by atoms with Crippen LogP contribution in [0.25, 0.3) is 0 Å². The Bertz CT molecular complexity index is 996. The van der Waals surface area contributed by atoms with E-state index in [1.807, 2.05) is 6.07 Å². The van der Waals surface area contributed by atoms with Gasteiger partial charge in [0.2, 0.25) is 15.9 Å². The van der Waals surface area contributed by atoms with Crippen LogP contribution in [0.5, 0.6) is 0 Å². The van der Waals surface area contributed by atoms with Crippen molar-refractivity contribution in [2.24, 2.45) is 5.92 Å². The lowest BCUT2D eigenvalue weighted by molar-refractivity contribution is -0.125.